The third-order valence-corrected chi connectivity index (χ3v) is 14.6. The Morgan fingerprint density at radius 3 is 2.37 bits per heavy atom. The van der Waals surface area contributed by atoms with E-state index in [2.05, 4.69) is 47.7 Å². The number of hydrogen-bond acceptors (Lipinski definition) is 6. The first-order valence-corrected chi connectivity index (χ1v) is 17.8. The lowest BCUT2D eigenvalue weighted by atomic mass is 9.62. The highest BCUT2D eigenvalue weighted by Gasteiger charge is 2.47. The van der Waals surface area contributed by atoms with E-state index in [1.165, 1.54) is 5.57 Å². The van der Waals surface area contributed by atoms with Crippen LogP contribution in [-0.2, 0) is 23.5 Å². The monoisotopic (exact) mass is 550 g/mol. The van der Waals surface area contributed by atoms with Crippen LogP contribution in [0.15, 0.2) is 11.6 Å². The van der Waals surface area contributed by atoms with Crippen LogP contribution in [0.3, 0.4) is 0 Å². The molecule has 0 bridgehead atoms. The van der Waals surface area contributed by atoms with Crippen molar-refractivity contribution in [2.75, 3.05) is 0 Å². The Labute approximate surface area is 232 Å². The first kappa shape index (κ1) is 31.3. The molecule has 218 valence electrons. The standard InChI is InChI=1S/C31H54O6Si/c1-11-31(7,8)29(34)36-26-15-19(2)14-21-16-25(32)20(3)24(28(21)26)13-12-22-17-23(18-27(33)35-22)37-38(9,10)30(4,5)6/h16,19-20,22-26,28,32H,11-15,17-18H2,1-10H3/t19-,20+,22+,23+,24-,25+,26-,28-/m0/s1. The van der Waals surface area contributed by atoms with Crippen molar-refractivity contribution < 1.29 is 28.6 Å². The van der Waals surface area contributed by atoms with Crippen LogP contribution in [0.4, 0.5) is 0 Å². The van der Waals surface area contributed by atoms with Gasteiger partial charge < -0.3 is 19.0 Å². The Bertz CT molecular complexity index is 887. The summed E-state index contributed by atoms with van der Waals surface area (Å²) in [5.41, 5.74) is 0.709. The highest BCUT2D eigenvalue weighted by atomic mass is 28.4. The van der Waals surface area contributed by atoms with Crippen LogP contribution >= 0.6 is 0 Å². The van der Waals surface area contributed by atoms with Gasteiger partial charge in [-0.2, -0.15) is 0 Å². The molecule has 0 unspecified atom stereocenters. The van der Waals surface area contributed by atoms with Gasteiger partial charge in [0, 0.05) is 12.3 Å². The van der Waals surface area contributed by atoms with Gasteiger partial charge >= 0.3 is 11.9 Å². The van der Waals surface area contributed by atoms with Crippen molar-refractivity contribution in [3.8, 4) is 0 Å². The van der Waals surface area contributed by atoms with Crippen LogP contribution in [0.2, 0.25) is 18.1 Å². The third kappa shape index (κ3) is 7.11. The van der Waals surface area contributed by atoms with Crippen molar-refractivity contribution >= 4 is 20.3 Å². The van der Waals surface area contributed by atoms with E-state index >= 15 is 0 Å². The minimum absolute atomic E-state index is 0.0381. The van der Waals surface area contributed by atoms with Crippen LogP contribution < -0.4 is 0 Å². The van der Waals surface area contributed by atoms with Crippen molar-refractivity contribution in [3.63, 3.8) is 0 Å². The van der Waals surface area contributed by atoms with Gasteiger partial charge in [-0.15, -0.1) is 0 Å². The van der Waals surface area contributed by atoms with Gasteiger partial charge in [-0.25, -0.2) is 0 Å². The lowest BCUT2D eigenvalue weighted by Gasteiger charge is -2.47. The molecule has 0 aromatic heterocycles. The Morgan fingerprint density at radius 1 is 1.11 bits per heavy atom. The molecule has 0 amide bonds. The van der Waals surface area contributed by atoms with E-state index in [0.29, 0.717) is 12.3 Å². The fourth-order valence-corrected chi connectivity index (χ4v) is 7.54. The van der Waals surface area contributed by atoms with Crippen molar-refractivity contribution in [1.82, 2.24) is 0 Å². The lowest BCUT2D eigenvalue weighted by molar-refractivity contribution is -0.167. The maximum Gasteiger partial charge on any atom is 0.311 e. The van der Waals surface area contributed by atoms with E-state index < -0.39 is 19.8 Å². The summed E-state index contributed by atoms with van der Waals surface area (Å²) < 4.78 is 18.7. The second kappa shape index (κ2) is 11.7. The molecule has 1 saturated carbocycles. The summed E-state index contributed by atoms with van der Waals surface area (Å²) in [5.74, 6) is 0.371. The molecule has 2 fully saturated rings. The van der Waals surface area contributed by atoms with Gasteiger partial charge in [0.15, 0.2) is 8.32 Å². The van der Waals surface area contributed by atoms with E-state index in [4.69, 9.17) is 13.9 Å². The molecule has 1 heterocycles. The zero-order valence-electron chi connectivity index (χ0n) is 25.6. The van der Waals surface area contributed by atoms with Crippen LogP contribution in [0.25, 0.3) is 0 Å². The average molecular weight is 551 g/mol. The van der Waals surface area contributed by atoms with Crippen molar-refractivity contribution in [2.45, 2.75) is 143 Å². The maximum absolute atomic E-state index is 13.1. The van der Waals surface area contributed by atoms with E-state index in [1.807, 2.05) is 26.8 Å². The summed E-state index contributed by atoms with van der Waals surface area (Å²) >= 11 is 0. The van der Waals surface area contributed by atoms with Gasteiger partial charge in [0.05, 0.1) is 24.0 Å². The van der Waals surface area contributed by atoms with Crippen LogP contribution in [0, 0.1) is 29.1 Å². The van der Waals surface area contributed by atoms with Crippen LogP contribution in [0.5, 0.6) is 0 Å². The first-order valence-electron chi connectivity index (χ1n) is 14.9. The van der Waals surface area contributed by atoms with Gasteiger partial charge in [0.1, 0.15) is 12.2 Å². The number of cyclic esters (lactones) is 1. The SMILES string of the molecule is CCC(C)(C)C(=O)O[C@H]1C[C@@H](C)CC2=C[C@@H](O)[C@H](C)[C@H](CC[C@@H]3C[C@@H](O[Si](C)(C)C(C)(C)C)CC(=O)O3)[C@H]21. The van der Waals surface area contributed by atoms with Gasteiger partial charge in [-0.1, -0.05) is 53.2 Å². The normalized spacial score (nSPS) is 34.7. The molecule has 2 aliphatic carbocycles. The Hall–Kier alpha value is -1.18. The van der Waals surface area contributed by atoms with Gasteiger partial charge in [0.2, 0.25) is 0 Å². The number of aliphatic hydroxyl groups is 1. The molecule has 38 heavy (non-hydrogen) atoms. The number of rotatable bonds is 8. The smallest absolute Gasteiger partial charge is 0.311 e. The first-order chi connectivity index (χ1) is 17.4. The van der Waals surface area contributed by atoms with E-state index in [1.54, 1.807) is 0 Å². The van der Waals surface area contributed by atoms with Crippen molar-refractivity contribution in [1.29, 1.82) is 0 Å². The molecular weight excluding hydrogens is 496 g/mol. The fourth-order valence-electron chi connectivity index (χ4n) is 6.17. The largest absolute Gasteiger partial charge is 0.462 e. The molecule has 3 aliphatic rings. The zero-order chi connectivity index (χ0) is 28.6. The minimum Gasteiger partial charge on any atom is -0.462 e. The molecule has 0 radical (unpaired) electrons. The van der Waals surface area contributed by atoms with E-state index in [0.717, 1.165) is 38.5 Å². The lowest BCUT2D eigenvalue weighted by Crippen LogP contribution is -2.48. The third-order valence-electron chi connectivity index (χ3n) is 10.1. The average Bonchev–Trinajstić information content (AvgIpc) is 2.78. The number of aliphatic hydroxyl groups excluding tert-OH is 1. The Kier molecular flexibility index (Phi) is 9.68. The summed E-state index contributed by atoms with van der Waals surface area (Å²) in [4.78, 5) is 25.7. The number of fused-ring (bicyclic) bond motifs is 1. The molecule has 1 saturated heterocycles. The molecule has 0 spiro atoms. The molecule has 1 aliphatic heterocycles. The molecule has 1 N–H and O–H groups in total. The Balaban J connectivity index is 1.75. The number of hydrogen-bond donors (Lipinski definition) is 1. The summed E-state index contributed by atoms with van der Waals surface area (Å²) in [6.45, 7) is 21.3. The van der Waals surface area contributed by atoms with Crippen LogP contribution in [0.1, 0.15) is 100 Å². The second-order valence-corrected chi connectivity index (χ2v) is 19.4. The van der Waals surface area contributed by atoms with Crippen molar-refractivity contribution in [2.24, 2.45) is 29.1 Å². The van der Waals surface area contributed by atoms with E-state index in [-0.39, 0.29) is 53.0 Å². The van der Waals surface area contributed by atoms with Gasteiger partial charge in [-0.05, 0) is 81.8 Å². The Morgan fingerprint density at radius 2 is 1.76 bits per heavy atom. The second-order valence-electron chi connectivity index (χ2n) is 14.6. The molecule has 3 rings (SSSR count). The molecule has 7 heteroatoms. The van der Waals surface area contributed by atoms with Crippen molar-refractivity contribution in [3.05, 3.63) is 11.6 Å². The molecule has 8 atom stereocenters. The highest BCUT2D eigenvalue weighted by molar-refractivity contribution is 6.74. The molecular formula is C31H54O6Si. The summed E-state index contributed by atoms with van der Waals surface area (Å²) in [5, 5.41) is 11.0. The fraction of sp³-hybridized carbons (Fsp3) is 0.871. The quantitative estimate of drug-likeness (QED) is 0.203. The maximum atomic E-state index is 13.1. The molecule has 0 aromatic rings. The molecule has 6 nitrogen and oxygen atoms in total. The summed E-state index contributed by atoms with van der Waals surface area (Å²) in [6.07, 6.45) is 6.10. The molecule has 0 aromatic carbocycles. The van der Waals surface area contributed by atoms with Crippen LogP contribution in [-0.4, -0.2) is 49.8 Å². The number of ether oxygens (including phenoxy) is 2. The predicted molar refractivity (Wildman–Crippen MR) is 153 cm³/mol. The van der Waals surface area contributed by atoms with Gasteiger partial charge in [-0.3, -0.25) is 9.59 Å². The summed E-state index contributed by atoms with van der Waals surface area (Å²) in [7, 11) is -2.00. The number of carbonyl (C=O) groups is 2. The van der Waals surface area contributed by atoms with Gasteiger partial charge in [0.25, 0.3) is 0 Å². The van der Waals surface area contributed by atoms with E-state index in [9.17, 15) is 14.7 Å². The predicted octanol–water partition coefficient (Wildman–Crippen LogP) is 6.81. The zero-order valence-corrected chi connectivity index (χ0v) is 26.6. The minimum atomic E-state index is -2.00. The number of carbonyl (C=O) groups excluding carboxylic acids is 2. The topological polar surface area (TPSA) is 82.1 Å². The summed E-state index contributed by atoms with van der Waals surface area (Å²) in [6, 6.07) is 0. The number of esters is 2. The highest BCUT2D eigenvalue weighted by Crippen LogP contribution is 2.48.